The molecule has 9 heteroatoms. The number of benzene rings is 3. The van der Waals surface area contributed by atoms with Crippen molar-refractivity contribution in [2.24, 2.45) is 0 Å². The first kappa shape index (κ1) is 23.9. The molecule has 0 aliphatic heterocycles. The lowest BCUT2D eigenvalue weighted by Crippen LogP contribution is -2.00. The number of H-pyrrole nitrogens is 1. The number of hydrogen-bond acceptors (Lipinski definition) is 4. The second-order valence-electron chi connectivity index (χ2n) is 8.94. The quantitative estimate of drug-likeness (QED) is 0.211. The van der Waals surface area contributed by atoms with Gasteiger partial charge in [0.1, 0.15) is 23.8 Å². The van der Waals surface area contributed by atoms with Crippen LogP contribution in [0.25, 0.3) is 33.3 Å². The van der Waals surface area contributed by atoms with E-state index >= 15 is 0 Å². The number of aromatic carboxylic acids is 1. The maximum absolute atomic E-state index is 11.3. The monoisotopic (exact) mass is 552 g/mol. The van der Waals surface area contributed by atoms with Gasteiger partial charge >= 0.3 is 5.97 Å². The zero-order chi connectivity index (χ0) is 25.7. The lowest BCUT2D eigenvalue weighted by atomic mass is 10.0. The van der Waals surface area contributed by atoms with E-state index in [0.717, 1.165) is 46.2 Å². The zero-order valence-electron chi connectivity index (χ0n) is 19.2. The highest BCUT2D eigenvalue weighted by atomic mass is 35.5. The molecular weight excluding hydrogens is 535 g/mol. The van der Waals surface area contributed by atoms with E-state index in [0.29, 0.717) is 38.0 Å². The summed E-state index contributed by atoms with van der Waals surface area (Å²) in [6.45, 7) is 0.215. The molecule has 0 saturated heterocycles. The fraction of sp³-hybridized carbons (Fsp3) is 0.143. The van der Waals surface area contributed by atoms with Crippen LogP contribution in [0.5, 0.6) is 5.75 Å². The molecule has 37 heavy (non-hydrogen) atoms. The molecule has 1 aliphatic carbocycles. The summed E-state index contributed by atoms with van der Waals surface area (Å²) in [6.07, 6.45) is 3.89. The van der Waals surface area contributed by atoms with Gasteiger partial charge in [-0.3, -0.25) is 0 Å². The maximum Gasteiger partial charge on any atom is 0.335 e. The van der Waals surface area contributed by atoms with Gasteiger partial charge in [-0.05, 0) is 55.3 Å². The molecule has 0 radical (unpaired) electrons. The molecule has 1 saturated carbocycles. The van der Waals surface area contributed by atoms with Crippen molar-refractivity contribution in [2.75, 3.05) is 0 Å². The molecule has 0 spiro atoms. The summed E-state index contributed by atoms with van der Waals surface area (Å²) in [6, 6.07) is 15.8. The number of carboxylic acid groups (broad SMARTS) is 1. The van der Waals surface area contributed by atoms with E-state index in [2.05, 4.69) is 10.1 Å². The van der Waals surface area contributed by atoms with E-state index in [1.807, 2.05) is 18.3 Å². The third-order valence-corrected chi connectivity index (χ3v) is 7.45. The fourth-order valence-corrected chi connectivity index (χ4v) is 5.34. The molecule has 2 heterocycles. The van der Waals surface area contributed by atoms with Crippen LogP contribution >= 0.6 is 34.8 Å². The number of nitrogens with one attached hydrogen (secondary N) is 1. The van der Waals surface area contributed by atoms with Crippen molar-refractivity contribution in [3.05, 3.63) is 92.7 Å². The first-order valence-electron chi connectivity index (χ1n) is 11.6. The number of carboxylic acids is 1. The SMILES string of the molecule is O=C(O)c1ccc2c(-c3ccc(OCc4c(-c5c(Cl)cccc5Cl)noc4C4CC4)cc3Cl)c[nH]c2c1. The highest BCUT2D eigenvalue weighted by molar-refractivity contribution is 6.39. The summed E-state index contributed by atoms with van der Waals surface area (Å²) in [5.41, 5.74) is 4.64. The molecule has 0 unspecified atom stereocenters. The minimum Gasteiger partial charge on any atom is -0.489 e. The van der Waals surface area contributed by atoms with E-state index in [1.54, 1.807) is 42.5 Å². The van der Waals surface area contributed by atoms with Gasteiger partial charge in [-0.15, -0.1) is 0 Å². The van der Waals surface area contributed by atoms with Crippen molar-refractivity contribution in [2.45, 2.75) is 25.4 Å². The van der Waals surface area contributed by atoms with Gasteiger partial charge in [-0.1, -0.05) is 52.1 Å². The van der Waals surface area contributed by atoms with Crippen LogP contribution in [0.1, 0.15) is 40.4 Å². The Morgan fingerprint density at radius 1 is 1.03 bits per heavy atom. The summed E-state index contributed by atoms with van der Waals surface area (Å²) in [5.74, 6) is 0.722. The molecule has 0 amide bonds. The summed E-state index contributed by atoms with van der Waals surface area (Å²) < 4.78 is 11.9. The molecule has 1 aliphatic rings. The highest BCUT2D eigenvalue weighted by Crippen LogP contribution is 2.46. The number of aromatic nitrogens is 2. The standard InChI is InChI=1S/C28H19Cl3N2O4/c29-21-2-1-3-22(30)25(21)26-20(27(37-33-26)14-4-5-14)13-36-16-7-9-17(23(31)11-16)19-12-32-24-10-15(28(34)35)6-8-18(19)24/h1-3,6-12,14,32H,4-5,13H2,(H,34,35). The van der Waals surface area contributed by atoms with Crippen molar-refractivity contribution in [1.29, 1.82) is 0 Å². The van der Waals surface area contributed by atoms with Gasteiger partial charge in [0.25, 0.3) is 0 Å². The number of hydrogen-bond donors (Lipinski definition) is 2. The Bertz CT molecular complexity index is 1650. The number of ether oxygens (including phenoxy) is 1. The van der Waals surface area contributed by atoms with Gasteiger partial charge in [-0.2, -0.15) is 0 Å². The van der Waals surface area contributed by atoms with Crippen LogP contribution in [-0.2, 0) is 6.61 Å². The van der Waals surface area contributed by atoms with Crippen LogP contribution in [0.3, 0.4) is 0 Å². The van der Waals surface area contributed by atoms with E-state index < -0.39 is 5.97 Å². The van der Waals surface area contributed by atoms with Gasteiger partial charge in [0.05, 0.1) is 26.2 Å². The van der Waals surface area contributed by atoms with Crippen molar-refractivity contribution in [3.8, 4) is 28.1 Å². The molecule has 2 aromatic heterocycles. The minimum atomic E-state index is -0.977. The summed E-state index contributed by atoms with van der Waals surface area (Å²) in [5, 5.41) is 15.9. The molecular formula is C28H19Cl3N2O4. The third-order valence-electron chi connectivity index (χ3n) is 6.51. The smallest absolute Gasteiger partial charge is 0.335 e. The second-order valence-corrected chi connectivity index (χ2v) is 10.2. The van der Waals surface area contributed by atoms with Gasteiger partial charge in [0.2, 0.25) is 0 Å². The average Bonchev–Trinajstić information content (AvgIpc) is 3.50. The first-order chi connectivity index (χ1) is 17.9. The lowest BCUT2D eigenvalue weighted by Gasteiger charge is -2.11. The Balaban J connectivity index is 1.29. The fourth-order valence-electron chi connectivity index (χ4n) is 4.49. The summed E-state index contributed by atoms with van der Waals surface area (Å²) in [4.78, 5) is 14.4. The highest BCUT2D eigenvalue weighted by Gasteiger charge is 2.33. The van der Waals surface area contributed by atoms with Crippen LogP contribution in [0.15, 0.2) is 65.3 Å². The van der Waals surface area contributed by atoms with E-state index in [-0.39, 0.29) is 12.2 Å². The second kappa shape index (κ2) is 9.45. The molecule has 2 N–H and O–H groups in total. The number of rotatable bonds is 7. The predicted molar refractivity (Wildman–Crippen MR) is 144 cm³/mol. The van der Waals surface area contributed by atoms with Crippen LogP contribution in [-0.4, -0.2) is 21.2 Å². The van der Waals surface area contributed by atoms with E-state index in [9.17, 15) is 9.90 Å². The lowest BCUT2D eigenvalue weighted by molar-refractivity contribution is 0.0697. The Kier molecular flexibility index (Phi) is 6.11. The van der Waals surface area contributed by atoms with E-state index in [4.69, 9.17) is 44.1 Å². The molecule has 1 fully saturated rings. The number of nitrogens with zero attached hydrogens (tertiary/aromatic N) is 1. The Morgan fingerprint density at radius 3 is 2.51 bits per heavy atom. The minimum absolute atomic E-state index is 0.215. The van der Waals surface area contributed by atoms with E-state index in [1.165, 1.54) is 0 Å². The van der Waals surface area contributed by atoms with Crippen molar-refractivity contribution >= 4 is 51.7 Å². The van der Waals surface area contributed by atoms with Crippen molar-refractivity contribution in [1.82, 2.24) is 10.1 Å². The topological polar surface area (TPSA) is 88.3 Å². The third kappa shape index (κ3) is 4.46. The number of halogens is 3. The molecule has 0 atom stereocenters. The van der Waals surface area contributed by atoms with Gasteiger partial charge in [-0.25, -0.2) is 4.79 Å². The Hall–Kier alpha value is -3.45. The van der Waals surface area contributed by atoms with Crippen molar-refractivity contribution < 1.29 is 19.2 Å². The van der Waals surface area contributed by atoms with Crippen LogP contribution < -0.4 is 4.74 Å². The van der Waals surface area contributed by atoms with Crippen LogP contribution in [0.2, 0.25) is 15.1 Å². The van der Waals surface area contributed by atoms with Gasteiger partial charge in [0, 0.05) is 39.7 Å². The normalized spacial score (nSPS) is 13.3. The number of aromatic amines is 1. The van der Waals surface area contributed by atoms with Crippen LogP contribution in [0.4, 0.5) is 0 Å². The average molecular weight is 554 g/mol. The van der Waals surface area contributed by atoms with Gasteiger partial charge < -0.3 is 19.4 Å². The number of fused-ring (bicyclic) bond motifs is 1. The molecule has 6 rings (SSSR count). The summed E-state index contributed by atoms with van der Waals surface area (Å²) in [7, 11) is 0. The van der Waals surface area contributed by atoms with Gasteiger partial charge in [0.15, 0.2) is 0 Å². The molecule has 3 aromatic carbocycles. The first-order valence-corrected chi connectivity index (χ1v) is 12.7. The molecule has 186 valence electrons. The van der Waals surface area contributed by atoms with Crippen LogP contribution in [0, 0.1) is 0 Å². The maximum atomic E-state index is 11.3. The Labute approximate surface area is 226 Å². The zero-order valence-corrected chi connectivity index (χ0v) is 21.5. The van der Waals surface area contributed by atoms with Crippen molar-refractivity contribution in [3.63, 3.8) is 0 Å². The number of carbonyl (C=O) groups is 1. The Morgan fingerprint density at radius 2 is 1.81 bits per heavy atom. The summed E-state index contributed by atoms with van der Waals surface area (Å²) >= 11 is 19.6. The molecule has 0 bridgehead atoms. The molecule has 6 nitrogen and oxygen atoms in total. The predicted octanol–water partition coefficient (Wildman–Crippen LogP) is 8.60. The molecule has 5 aromatic rings. The largest absolute Gasteiger partial charge is 0.489 e.